The Morgan fingerprint density at radius 2 is 2.00 bits per heavy atom. The lowest BCUT2D eigenvalue weighted by Gasteiger charge is -2.29. The topological polar surface area (TPSA) is 39.9 Å². The molecule has 0 spiro atoms. The maximum Gasteiger partial charge on any atom is 0.215 e. The first-order chi connectivity index (χ1) is 10.3. The smallest absolute Gasteiger partial charge is 0.215 e. The lowest BCUT2D eigenvalue weighted by molar-refractivity contribution is 0.269. The average molecular weight is 308 g/mol. The molecule has 0 unspecified atom stereocenters. The van der Waals surface area contributed by atoms with Crippen molar-refractivity contribution in [2.45, 2.75) is 50.9 Å². The molecule has 4 nitrogen and oxygen atoms in total. The Morgan fingerprint density at radius 1 is 1.24 bits per heavy atom. The fourth-order valence-electron chi connectivity index (χ4n) is 3.41. The van der Waals surface area contributed by atoms with E-state index in [-0.39, 0.29) is 0 Å². The summed E-state index contributed by atoms with van der Waals surface area (Å²) in [5.74, 6) is 2.85. The maximum absolute atomic E-state index is 6.11. The molecule has 0 N–H and O–H groups in total. The van der Waals surface area contributed by atoms with Crippen LogP contribution in [0.3, 0.4) is 0 Å². The fraction of sp³-hybridized carbons (Fsp3) is 0.625. The molecule has 2 aromatic heterocycles. The van der Waals surface area contributed by atoms with E-state index in [0.717, 1.165) is 22.9 Å². The van der Waals surface area contributed by atoms with Gasteiger partial charge in [-0.15, -0.1) is 11.6 Å². The molecule has 1 saturated carbocycles. The van der Waals surface area contributed by atoms with Crippen molar-refractivity contribution in [2.24, 2.45) is 5.92 Å². The Morgan fingerprint density at radius 3 is 2.62 bits per heavy atom. The Labute approximate surface area is 130 Å². The van der Waals surface area contributed by atoms with Crippen LogP contribution in [-0.4, -0.2) is 21.6 Å². The van der Waals surface area contributed by atoms with Crippen molar-refractivity contribution >= 4 is 22.8 Å². The van der Waals surface area contributed by atoms with Gasteiger partial charge in [0.25, 0.3) is 0 Å². The van der Waals surface area contributed by atoms with Crippen LogP contribution in [-0.2, 0) is 5.88 Å². The van der Waals surface area contributed by atoms with Crippen molar-refractivity contribution in [3.05, 3.63) is 18.0 Å². The van der Waals surface area contributed by atoms with Gasteiger partial charge in [0, 0.05) is 12.1 Å². The molecule has 2 aromatic rings. The number of hydrogen-bond acceptors (Lipinski definition) is 3. The molecule has 1 fully saturated rings. The standard InChI is InChI=1S/C16H22ClN3O/c1-3-11-4-6-12(7-5-11)20-14(10-17)18-13-8-9-15(21-2)19-16(13)20/h8-9,11-12H,3-7,10H2,1-2H3. The summed E-state index contributed by atoms with van der Waals surface area (Å²) >= 11 is 6.11. The first-order valence-electron chi connectivity index (χ1n) is 7.74. The number of imidazole rings is 1. The number of alkyl halides is 1. The summed E-state index contributed by atoms with van der Waals surface area (Å²) in [6, 6.07) is 4.28. The quantitative estimate of drug-likeness (QED) is 0.790. The van der Waals surface area contributed by atoms with Gasteiger partial charge in [-0.25, -0.2) is 4.98 Å². The number of ether oxygens (including phenoxy) is 1. The highest BCUT2D eigenvalue weighted by atomic mass is 35.5. The van der Waals surface area contributed by atoms with Crippen LogP contribution < -0.4 is 4.74 Å². The highest BCUT2D eigenvalue weighted by molar-refractivity contribution is 6.16. The monoisotopic (exact) mass is 307 g/mol. The van der Waals surface area contributed by atoms with Gasteiger partial charge in [-0.2, -0.15) is 4.98 Å². The molecule has 1 aliphatic rings. The van der Waals surface area contributed by atoms with Crippen molar-refractivity contribution in [1.29, 1.82) is 0 Å². The minimum atomic E-state index is 0.423. The lowest BCUT2D eigenvalue weighted by atomic mass is 9.84. The molecule has 0 amide bonds. The molecular weight excluding hydrogens is 286 g/mol. The summed E-state index contributed by atoms with van der Waals surface area (Å²) in [6.45, 7) is 2.29. The second-order valence-electron chi connectivity index (χ2n) is 5.81. The third-order valence-corrected chi connectivity index (χ3v) is 4.91. The van der Waals surface area contributed by atoms with Gasteiger partial charge in [-0.3, -0.25) is 0 Å². The third kappa shape index (κ3) is 2.73. The first-order valence-corrected chi connectivity index (χ1v) is 8.28. The average Bonchev–Trinajstić information content (AvgIpc) is 2.92. The molecule has 0 aliphatic heterocycles. The summed E-state index contributed by atoms with van der Waals surface area (Å²) in [5, 5.41) is 0. The number of methoxy groups -OCH3 is 1. The van der Waals surface area contributed by atoms with E-state index < -0.39 is 0 Å². The summed E-state index contributed by atoms with van der Waals surface area (Å²) in [6.07, 6.45) is 6.23. The zero-order valence-electron chi connectivity index (χ0n) is 12.7. The predicted molar refractivity (Wildman–Crippen MR) is 84.9 cm³/mol. The van der Waals surface area contributed by atoms with E-state index in [9.17, 15) is 0 Å². The van der Waals surface area contributed by atoms with E-state index in [1.165, 1.54) is 32.1 Å². The fourth-order valence-corrected chi connectivity index (χ4v) is 3.59. The van der Waals surface area contributed by atoms with Crippen LogP contribution in [0, 0.1) is 5.92 Å². The van der Waals surface area contributed by atoms with E-state index in [0.29, 0.717) is 17.8 Å². The van der Waals surface area contributed by atoms with Crippen LogP contribution in [0.4, 0.5) is 0 Å². The van der Waals surface area contributed by atoms with Gasteiger partial charge in [0.15, 0.2) is 5.65 Å². The number of fused-ring (bicyclic) bond motifs is 1. The minimum Gasteiger partial charge on any atom is -0.481 e. The number of rotatable bonds is 4. The van der Waals surface area contributed by atoms with Gasteiger partial charge in [0.1, 0.15) is 11.3 Å². The largest absolute Gasteiger partial charge is 0.481 e. The predicted octanol–water partition coefficient (Wildman–Crippen LogP) is 4.32. The molecule has 0 atom stereocenters. The first kappa shape index (κ1) is 14.6. The molecule has 0 bridgehead atoms. The number of aromatic nitrogens is 3. The van der Waals surface area contributed by atoms with Gasteiger partial charge in [-0.1, -0.05) is 13.3 Å². The SMILES string of the molecule is CCC1CCC(n2c(CCl)nc3ccc(OC)nc32)CC1. The van der Waals surface area contributed by atoms with Crippen molar-refractivity contribution in [3.63, 3.8) is 0 Å². The minimum absolute atomic E-state index is 0.423. The molecule has 2 heterocycles. The van der Waals surface area contributed by atoms with Crippen LogP contribution in [0.1, 0.15) is 50.9 Å². The van der Waals surface area contributed by atoms with Gasteiger partial charge in [-0.05, 0) is 37.7 Å². The molecule has 0 saturated heterocycles. The highest BCUT2D eigenvalue weighted by Crippen LogP contribution is 2.36. The van der Waals surface area contributed by atoms with Crippen LogP contribution in [0.2, 0.25) is 0 Å². The summed E-state index contributed by atoms with van der Waals surface area (Å²) in [4.78, 5) is 9.23. The van der Waals surface area contributed by atoms with Crippen molar-refractivity contribution in [2.75, 3.05) is 7.11 Å². The molecule has 0 aromatic carbocycles. The Kier molecular flexibility index (Phi) is 4.34. The molecule has 3 rings (SSSR count). The zero-order chi connectivity index (χ0) is 14.8. The Bertz CT molecular complexity index is 617. The number of nitrogens with zero attached hydrogens (tertiary/aromatic N) is 3. The molecule has 21 heavy (non-hydrogen) atoms. The molecule has 0 radical (unpaired) electrons. The number of hydrogen-bond donors (Lipinski definition) is 0. The zero-order valence-corrected chi connectivity index (χ0v) is 13.4. The Hall–Kier alpha value is -1.29. The molecule has 1 aliphatic carbocycles. The molecule has 114 valence electrons. The van der Waals surface area contributed by atoms with Crippen molar-refractivity contribution in [1.82, 2.24) is 14.5 Å². The Balaban J connectivity index is 1.99. The highest BCUT2D eigenvalue weighted by Gasteiger charge is 2.25. The van der Waals surface area contributed by atoms with E-state index in [4.69, 9.17) is 16.3 Å². The van der Waals surface area contributed by atoms with Gasteiger partial charge in [0.2, 0.25) is 5.88 Å². The maximum atomic E-state index is 6.11. The lowest BCUT2D eigenvalue weighted by Crippen LogP contribution is -2.19. The number of pyridine rings is 1. The van der Waals surface area contributed by atoms with Gasteiger partial charge >= 0.3 is 0 Å². The molecule has 5 heteroatoms. The van der Waals surface area contributed by atoms with Gasteiger partial charge in [0.05, 0.1) is 13.0 Å². The second kappa shape index (κ2) is 6.22. The second-order valence-corrected chi connectivity index (χ2v) is 6.08. The number of halogens is 1. The molecular formula is C16H22ClN3O. The van der Waals surface area contributed by atoms with Gasteiger partial charge < -0.3 is 9.30 Å². The summed E-state index contributed by atoms with van der Waals surface area (Å²) < 4.78 is 7.50. The summed E-state index contributed by atoms with van der Waals surface area (Å²) in [7, 11) is 1.64. The normalized spacial score (nSPS) is 22.6. The van der Waals surface area contributed by atoms with Crippen LogP contribution in [0.15, 0.2) is 12.1 Å². The van der Waals surface area contributed by atoms with Crippen LogP contribution in [0.25, 0.3) is 11.2 Å². The summed E-state index contributed by atoms with van der Waals surface area (Å²) in [5.41, 5.74) is 1.81. The van der Waals surface area contributed by atoms with Crippen molar-refractivity contribution < 1.29 is 4.74 Å². The van der Waals surface area contributed by atoms with E-state index in [1.807, 2.05) is 12.1 Å². The van der Waals surface area contributed by atoms with Crippen LogP contribution in [0.5, 0.6) is 5.88 Å². The van der Waals surface area contributed by atoms with E-state index in [1.54, 1.807) is 7.11 Å². The van der Waals surface area contributed by atoms with E-state index >= 15 is 0 Å². The van der Waals surface area contributed by atoms with Crippen molar-refractivity contribution in [3.8, 4) is 5.88 Å². The van der Waals surface area contributed by atoms with E-state index in [2.05, 4.69) is 21.5 Å². The third-order valence-electron chi connectivity index (χ3n) is 4.67. The van der Waals surface area contributed by atoms with Crippen LogP contribution >= 0.6 is 11.6 Å².